The topological polar surface area (TPSA) is 0 Å². The van der Waals surface area contributed by atoms with E-state index in [-0.39, 0.29) is 0 Å². The van der Waals surface area contributed by atoms with Gasteiger partial charge in [-0.1, -0.05) is 121 Å². The number of benzene rings is 8. The number of hydrogen-bond donors (Lipinski definition) is 0. The van der Waals surface area contributed by atoms with Crippen LogP contribution in [0.25, 0.3) is 75.4 Å². The summed E-state index contributed by atoms with van der Waals surface area (Å²) >= 11 is 0. The van der Waals surface area contributed by atoms with Gasteiger partial charge in [-0.25, -0.2) is 0 Å². The molecule has 8 aromatic carbocycles. The second kappa shape index (κ2) is 6.56. The summed E-state index contributed by atoms with van der Waals surface area (Å²) in [6.07, 6.45) is 0. The van der Waals surface area contributed by atoms with E-state index in [1.54, 1.807) is 0 Å². The molecular weight excluding hydrogens is 408 g/mol. The van der Waals surface area contributed by atoms with Crippen molar-refractivity contribution in [3.05, 3.63) is 121 Å². The van der Waals surface area contributed by atoms with Crippen LogP contribution >= 0.6 is 0 Å². The van der Waals surface area contributed by atoms with Crippen LogP contribution in [0.3, 0.4) is 0 Å². The lowest BCUT2D eigenvalue weighted by molar-refractivity contribution is 1.78. The Labute approximate surface area is 196 Å². The molecule has 0 radical (unpaired) electrons. The van der Waals surface area contributed by atoms with Gasteiger partial charge in [0.1, 0.15) is 0 Å². The van der Waals surface area contributed by atoms with Crippen LogP contribution < -0.4 is 0 Å². The molecule has 0 aliphatic heterocycles. The first-order chi connectivity index (χ1) is 16.9. The van der Waals surface area contributed by atoms with Crippen molar-refractivity contribution in [3.63, 3.8) is 0 Å². The molecule has 0 saturated carbocycles. The molecule has 0 saturated heterocycles. The quantitative estimate of drug-likeness (QED) is 0.211. The summed E-state index contributed by atoms with van der Waals surface area (Å²) < 4.78 is 0. The van der Waals surface area contributed by atoms with Gasteiger partial charge in [0.05, 0.1) is 0 Å². The van der Waals surface area contributed by atoms with E-state index in [0.717, 1.165) is 0 Å². The maximum Gasteiger partial charge on any atom is -0.000741 e. The van der Waals surface area contributed by atoms with E-state index in [4.69, 9.17) is 0 Å². The molecule has 0 amide bonds. The number of fused-ring (bicyclic) bond motifs is 16. The van der Waals surface area contributed by atoms with Gasteiger partial charge in [0.2, 0.25) is 0 Å². The Balaban J connectivity index is 1.90. The molecule has 34 heavy (non-hydrogen) atoms. The highest BCUT2D eigenvalue weighted by Crippen LogP contribution is 2.48. The van der Waals surface area contributed by atoms with E-state index >= 15 is 0 Å². The molecule has 0 unspecified atom stereocenters. The molecule has 8 rings (SSSR count). The van der Waals surface area contributed by atoms with Gasteiger partial charge in [0.15, 0.2) is 0 Å². The van der Waals surface area contributed by atoms with Crippen LogP contribution in [0, 0.1) is 0 Å². The summed E-state index contributed by atoms with van der Waals surface area (Å²) in [6.45, 7) is 0. The summed E-state index contributed by atoms with van der Waals surface area (Å²) in [5.74, 6) is 0. The van der Waals surface area contributed by atoms with E-state index in [2.05, 4.69) is 121 Å². The van der Waals surface area contributed by atoms with Crippen molar-refractivity contribution in [3.8, 4) is 0 Å². The Kier molecular flexibility index (Phi) is 3.48. The average Bonchev–Trinajstić information content (AvgIpc) is 2.92. The number of rotatable bonds is 0. The third-order valence-electron chi connectivity index (χ3n) is 7.58. The van der Waals surface area contributed by atoms with Crippen LogP contribution in [0.2, 0.25) is 0 Å². The normalized spacial score (nSPS) is 12.1. The summed E-state index contributed by atoms with van der Waals surface area (Å²) in [6, 6.07) is 44.7. The van der Waals surface area contributed by atoms with Gasteiger partial charge < -0.3 is 0 Å². The molecule has 0 N–H and O–H groups in total. The highest BCUT2D eigenvalue weighted by Gasteiger charge is 2.19. The van der Waals surface area contributed by atoms with Gasteiger partial charge in [-0.3, -0.25) is 0 Å². The highest BCUT2D eigenvalue weighted by molar-refractivity contribution is 6.46. The minimum atomic E-state index is 1.32. The van der Waals surface area contributed by atoms with Crippen molar-refractivity contribution in [1.82, 2.24) is 0 Å². The molecule has 0 heterocycles. The summed E-state index contributed by atoms with van der Waals surface area (Å²) in [4.78, 5) is 0. The molecule has 0 aliphatic rings. The Morgan fingerprint density at radius 2 is 0.353 bits per heavy atom. The summed E-state index contributed by atoms with van der Waals surface area (Å²) in [7, 11) is 0. The van der Waals surface area contributed by atoms with Crippen molar-refractivity contribution < 1.29 is 0 Å². The van der Waals surface area contributed by atoms with E-state index in [9.17, 15) is 0 Å². The summed E-state index contributed by atoms with van der Waals surface area (Å²) in [5.41, 5.74) is 0. The van der Waals surface area contributed by atoms with Crippen molar-refractivity contribution in [2.45, 2.75) is 0 Å². The van der Waals surface area contributed by atoms with E-state index in [0.29, 0.717) is 0 Å². The van der Waals surface area contributed by atoms with Crippen LogP contribution in [0.5, 0.6) is 0 Å². The second-order valence-electron chi connectivity index (χ2n) is 9.23. The molecule has 0 spiro atoms. The van der Waals surface area contributed by atoms with Crippen molar-refractivity contribution in [2.75, 3.05) is 0 Å². The summed E-state index contributed by atoms with van der Waals surface area (Å²) in [5, 5.41) is 18.7. The fourth-order valence-corrected chi connectivity index (χ4v) is 6.28. The second-order valence-corrected chi connectivity index (χ2v) is 9.23. The first-order valence-corrected chi connectivity index (χ1v) is 11.9. The van der Waals surface area contributed by atoms with Gasteiger partial charge in [0, 0.05) is 0 Å². The van der Waals surface area contributed by atoms with Crippen molar-refractivity contribution >= 4 is 75.4 Å². The fraction of sp³-hybridized carbons (Fsp3) is 0. The molecule has 0 fully saturated rings. The smallest absolute Gasteiger partial charge is 0.000741 e. The molecule has 0 aromatic heterocycles. The average molecular weight is 429 g/mol. The standard InChI is InChI=1S/C34H20/c1-5-15-25-21(11-1)23-13-3-7-17-27(23)33-31(25)29-19-9-10-20-30(29)32-26-16-6-2-12-22(26)24-14-4-8-18-28(24)34(32)33/h1-20H. The SMILES string of the molecule is c1ccc2c(c1)c1ccccc1c1c2c2ccccc2c2c3ccccc3c3ccccc3c21. The Morgan fingerprint density at radius 1 is 0.176 bits per heavy atom. The molecule has 0 aliphatic carbocycles. The maximum absolute atomic E-state index is 2.31. The van der Waals surface area contributed by atoms with Crippen LogP contribution in [-0.2, 0) is 0 Å². The van der Waals surface area contributed by atoms with Crippen molar-refractivity contribution in [1.29, 1.82) is 0 Å². The van der Waals surface area contributed by atoms with Gasteiger partial charge in [0.25, 0.3) is 0 Å². The van der Waals surface area contributed by atoms with Crippen molar-refractivity contribution in [2.24, 2.45) is 0 Å². The Hall–Kier alpha value is -4.42. The third kappa shape index (κ3) is 2.18. The molecule has 0 bridgehead atoms. The zero-order valence-electron chi connectivity index (χ0n) is 18.5. The minimum Gasteiger partial charge on any atom is -0.0616 e. The maximum atomic E-state index is 2.31. The van der Waals surface area contributed by atoms with E-state index in [1.165, 1.54) is 75.4 Å². The van der Waals surface area contributed by atoms with E-state index < -0.39 is 0 Å². The first-order valence-electron chi connectivity index (χ1n) is 11.9. The molecule has 0 heteroatoms. The zero-order valence-corrected chi connectivity index (χ0v) is 18.5. The molecular formula is C34H20. The van der Waals surface area contributed by atoms with Crippen LogP contribution in [0.4, 0.5) is 0 Å². The minimum absolute atomic E-state index is 1.32. The van der Waals surface area contributed by atoms with Gasteiger partial charge >= 0.3 is 0 Å². The lowest BCUT2D eigenvalue weighted by Crippen LogP contribution is -1.91. The Morgan fingerprint density at radius 3 is 0.618 bits per heavy atom. The van der Waals surface area contributed by atoms with Crippen LogP contribution in [0.15, 0.2) is 121 Å². The monoisotopic (exact) mass is 428 g/mol. The highest BCUT2D eigenvalue weighted by atomic mass is 14.2. The third-order valence-corrected chi connectivity index (χ3v) is 7.58. The zero-order chi connectivity index (χ0) is 22.2. The first kappa shape index (κ1) is 18.1. The van der Waals surface area contributed by atoms with E-state index in [1.807, 2.05) is 0 Å². The van der Waals surface area contributed by atoms with Crippen LogP contribution in [0.1, 0.15) is 0 Å². The molecule has 156 valence electrons. The van der Waals surface area contributed by atoms with Gasteiger partial charge in [-0.05, 0) is 75.4 Å². The number of hydrogen-bond acceptors (Lipinski definition) is 0. The van der Waals surface area contributed by atoms with Crippen LogP contribution in [-0.4, -0.2) is 0 Å². The lowest BCUT2D eigenvalue weighted by atomic mass is 9.83. The molecule has 8 aromatic rings. The largest absolute Gasteiger partial charge is 0.0616 e. The van der Waals surface area contributed by atoms with Gasteiger partial charge in [-0.2, -0.15) is 0 Å². The fourth-order valence-electron chi connectivity index (χ4n) is 6.28. The molecule has 0 nitrogen and oxygen atoms in total. The van der Waals surface area contributed by atoms with Gasteiger partial charge in [-0.15, -0.1) is 0 Å². The Bertz CT molecular complexity index is 1950. The lowest BCUT2D eigenvalue weighted by Gasteiger charge is -2.19. The predicted octanol–water partition coefficient (Wildman–Crippen LogP) is 9.76. The predicted molar refractivity (Wildman–Crippen MR) is 149 cm³/mol. The molecule has 0 atom stereocenters.